The average Bonchev–Trinajstić information content (AvgIpc) is 2.30. The standard InChI is InChI=1S/C12H16FNO2/c1-12(10-5-3-4-6-11(10)13)15-7-9(14-2)8-16-12/h3-6,9,14H,7-8H2,1-2H3. The second-order valence-corrected chi connectivity index (χ2v) is 4.03. The van der Waals surface area contributed by atoms with E-state index in [1.54, 1.807) is 25.1 Å². The van der Waals surface area contributed by atoms with E-state index in [9.17, 15) is 4.39 Å². The average molecular weight is 225 g/mol. The first-order chi connectivity index (χ1) is 7.65. The van der Waals surface area contributed by atoms with Crippen molar-refractivity contribution in [3.8, 4) is 0 Å². The Bertz CT molecular complexity index is 362. The van der Waals surface area contributed by atoms with Crippen molar-refractivity contribution < 1.29 is 13.9 Å². The SMILES string of the molecule is CNC1COC(C)(c2ccccc2F)OC1. The zero-order chi connectivity index (χ0) is 11.6. The lowest BCUT2D eigenvalue weighted by Crippen LogP contribution is -2.47. The lowest BCUT2D eigenvalue weighted by atomic mass is 10.1. The van der Waals surface area contributed by atoms with Crippen LogP contribution < -0.4 is 5.32 Å². The zero-order valence-electron chi connectivity index (χ0n) is 9.50. The molecule has 0 bridgehead atoms. The molecule has 16 heavy (non-hydrogen) atoms. The third-order valence-corrected chi connectivity index (χ3v) is 2.89. The van der Waals surface area contributed by atoms with Crippen LogP contribution in [0.5, 0.6) is 0 Å². The summed E-state index contributed by atoms with van der Waals surface area (Å²) in [4.78, 5) is 0. The maximum absolute atomic E-state index is 13.6. The van der Waals surface area contributed by atoms with E-state index in [1.165, 1.54) is 6.07 Å². The van der Waals surface area contributed by atoms with Gasteiger partial charge in [-0.2, -0.15) is 0 Å². The van der Waals surface area contributed by atoms with Gasteiger partial charge in [0.2, 0.25) is 0 Å². The van der Waals surface area contributed by atoms with E-state index < -0.39 is 5.79 Å². The number of likely N-dealkylation sites (N-methyl/N-ethyl adjacent to an activating group) is 1. The van der Waals surface area contributed by atoms with Gasteiger partial charge in [-0.25, -0.2) is 4.39 Å². The molecule has 0 unspecified atom stereocenters. The first kappa shape index (κ1) is 11.5. The van der Waals surface area contributed by atoms with E-state index in [0.29, 0.717) is 18.8 Å². The Morgan fingerprint density at radius 2 is 1.94 bits per heavy atom. The van der Waals surface area contributed by atoms with Gasteiger partial charge in [-0.1, -0.05) is 18.2 Å². The van der Waals surface area contributed by atoms with Crippen LogP contribution in [-0.2, 0) is 15.3 Å². The second kappa shape index (κ2) is 4.49. The molecule has 0 amide bonds. The lowest BCUT2D eigenvalue weighted by molar-refractivity contribution is -0.273. The fourth-order valence-electron chi connectivity index (χ4n) is 1.76. The fourth-order valence-corrected chi connectivity index (χ4v) is 1.76. The van der Waals surface area contributed by atoms with Crippen molar-refractivity contribution in [3.05, 3.63) is 35.6 Å². The molecule has 4 heteroatoms. The maximum atomic E-state index is 13.6. The minimum absolute atomic E-state index is 0.167. The Labute approximate surface area is 94.6 Å². The van der Waals surface area contributed by atoms with Gasteiger partial charge in [-0.15, -0.1) is 0 Å². The molecule has 1 aliphatic heterocycles. The Morgan fingerprint density at radius 3 is 2.50 bits per heavy atom. The highest BCUT2D eigenvalue weighted by molar-refractivity contribution is 5.22. The van der Waals surface area contributed by atoms with Crippen molar-refractivity contribution in [1.82, 2.24) is 5.32 Å². The summed E-state index contributed by atoms with van der Waals surface area (Å²) in [5.74, 6) is -1.27. The molecule has 2 rings (SSSR count). The molecule has 88 valence electrons. The van der Waals surface area contributed by atoms with Crippen LogP contribution in [0.1, 0.15) is 12.5 Å². The molecule has 1 heterocycles. The van der Waals surface area contributed by atoms with Gasteiger partial charge in [0, 0.05) is 5.56 Å². The number of hydrogen-bond donors (Lipinski definition) is 1. The van der Waals surface area contributed by atoms with Crippen LogP contribution in [0.3, 0.4) is 0 Å². The monoisotopic (exact) mass is 225 g/mol. The summed E-state index contributed by atoms with van der Waals surface area (Å²) in [7, 11) is 1.85. The molecule has 0 saturated carbocycles. The summed E-state index contributed by atoms with van der Waals surface area (Å²) in [6.07, 6.45) is 0. The van der Waals surface area contributed by atoms with E-state index in [0.717, 1.165) is 0 Å². The lowest BCUT2D eigenvalue weighted by Gasteiger charge is -2.37. The van der Waals surface area contributed by atoms with E-state index in [-0.39, 0.29) is 11.9 Å². The summed E-state index contributed by atoms with van der Waals surface area (Å²) < 4.78 is 24.8. The van der Waals surface area contributed by atoms with Gasteiger partial charge in [-0.05, 0) is 20.0 Å². The van der Waals surface area contributed by atoms with E-state index in [4.69, 9.17) is 9.47 Å². The number of ether oxygens (including phenoxy) is 2. The Kier molecular flexibility index (Phi) is 3.23. The van der Waals surface area contributed by atoms with Crippen molar-refractivity contribution in [2.45, 2.75) is 18.8 Å². The second-order valence-electron chi connectivity index (χ2n) is 4.03. The van der Waals surface area contributed by atoms with Crippen molar-refractivity contribution in [2.75, 3.05) is 20.3 Å². The summed E-state index contributed by atoms with van der Waals surface area (Å²) in [5, 5.41) is 3.06. The topological polar surface area (TPSA) is 30.5 Å². The van der Waals surface area contributed by atoms with E-state index in [1.807, 2.05) is 7.05 Å². The third kappa shape index (κ3) is 2.09. The van der Waals surface area contributed by atoms with Crippen molar-refractivity contribution in [2.24, 2.45) is 0 Å². The minimum atomic E-state index is -0.974. The van der Waals surface area contributed by atoms with Gasteiger partial charge >= 0.3 is 0 Å². The largest absolute Gasteiger partial charge is 0.344 e. The quantitative estimate of drug-likeness (QED) is 0.830. The van der Waals surface area contributed by atoms with Crippen LogP contribution >= 0.6 is 0 Å². The van der Waals surface area contributed by atoms with Gasteiger partial charge in [0.05, 0.1) is 19.3 Å². The fraction of sp³-hybridized carbons (Fsp3) is 0.500. The van der Waals surface area contributed by atoms with Crippen LogP contribution in [-0.4, -0.2) is 26.3 Å². The van der Waals surface area contributed by atoms with Crippen LogP contribution in [0.4, 0.5) is 4.39 Å². The smallest absolute Gasteiger partial charge is 0.194 e. The Hall–Kier alpha value is -0.970. The molecular weight excluding hydrogens is 209 g/mol. The summed E-state index contributed by atoms with van der Waals surface area (Å²) in [6, 6.07) is 6.70. The van der Waals surface area contributed by atoms with Gasteiger partial charge < -0.3 is 14.8 Å². The highest BCUT2D eigenvalue weighted by Crippen LogP contribution is 2.31. The van der Waals surface area contributed by atoms with E-state index >= 15 is 0 Å². The predicted molar refractivity (Wildman–Crippen MR) is 58.5 cm³/mol. The van der Waals surface area contributed by atoms with Crippen LogP contribution in [0.15, 0.2) is 24.3 Å². The highest BCUT2D eigenvalue weighted by atomic mass is 19.1. The molecule has 3 nitrogen and oxygen atoms in total. The maximum Gasteiger partial charge on any atom is 0.194 e. The molecule has 0 radical (unpaired) electrons. The van der Waals surface area contributed by atoms with Crippen molar-refractivity contribution >= 4 is 0 Å². The van der Waals surface area contributed by atoms with Gasteiger partial charge in [0.1, 0.15) is 5.82 Å². The molecule has 1 aromatic carbocycles. The van der Waals surface area contributed by atoms with Crippen molar-refractivity contribution in [3.63, 3.8) is 0 Å². The Morgan fingerprint density at radius 1 is 1.31 bits per heavy atom. The Balaban J connectivity index is 2.18. The summed E-state index contributed by atoms with van der Waals surface area (Å²) >= 11 is 0. The molecule has 1 saturated heterocycles. The van der Waals surface area contributed by atoms with Crippen LogP contribution in [0.25, 0.3) is 0 Å². The minimum Gasteiger partial charge on any atom is -0.344 e. The number of hydrogen-bond acceptors (Lipinski definition) is 3. The van der Waals surface area contributed by atoms with Gasteiger partial charge in [-0.3, -0.25) is 0 Å². The molecule has 0 spiro atoms. The number of rotatable bonds is 2. The van der Waals surface area contributed by atoms with E-state index in [2.05, 4.69) is 5.32 Å². The molecule has 0 aliphatic carbocycles. The molecular formula is C12H16FNO2. The van der Waals surface area contributed by atoms with Crippen LogP contribution in [0, 0.1) is 5.82 Å². The predicted octanol–water partition coefficient (Wildman–Crippen LogP) is 1.63. The summed E-state index contributed by atoms with van der Waals surface area (Å²) in [5.41, 5.74) is 0.449. The third-order valence-electron chi connectivity index (χ3n) is 2.89. The number of benzene rings is 1. The molecule has 0 aromatic heterocycles. The zero-order valence-corrected chi connectivity index (χ0v) is 9.50. The number of halogens is 1. The highest BCUT2D eigenvalue weighted by Gasteiger charge is 2.36. The molecule has 1 aliphatic rings. The number of nitrogens with one attached hydrogen (secondary N) is 1. The van der Waals surface area contributed by atoms with Gasteiger partial charge in [0.15, 0.2) is 5.79 Å². The van der Waals surface area contributed by atoms with Crippen LogP contribution in [0.2, 0.25) is 0 Å². The molecule has 1 aromatic rings. The molecule has 1 fully saturated rings. The molecule has 1 N–H and O–H groups in total. The molecule has 0 atom stereocenters. The normalized spacial score (nSPS) is 30.3. The summed E-state index contributed by atoms with van der Waals surface area (Å²) in [6.45, 7) is 2.78. The first-order valence-corrected chi connectivity index (χ1v) is 5.36. The van der Waals surface area contributed by atoms with Crippen molar-refractivity contribution in [1.29, 1.82) is 0 Å². The first-order valence-electron chi connectivity index (χ1n) is 5.36. The van der Waals surface area contributed by atoms with Gasteiger partial charge in [0.25, 0.3) is 0 Å².